The van der Waals surface area contributed by atoms with Gasteiger partial charge in [-0.05, 0) is 45.3 Å². The quantitative estimate of drug-likeness (QED) is 0.801. The van der Waals surface area contributed by atoms with Crippen molar-refractivity contribution in [2.24, 2.45) is 0 Å². The molecule has 0 bridgehead atoms. The van der Waals surface area contributed by atoms with Gasteiger partial charge in [0.25, 0.3) is 0 Å². The van der Waals surface area contributed by atoms with E-state index in [0.717, 1.165) is 25.2 Å². The van der Waals surface area contributed by atoms with Gasteiger partial charge in [-0.25, -0.2) is 0 Å². The topological polar surface area (TPSA) is 26.7 Å². The van der Waals surface area contributed by atoms with Crippen LogP contribution >= 0.6 is 0 Å². The lowest BCUT2D eigenvalue weighted by Crippen LogP contribution is -2.39. The van der Waals surface area contributed by atoms with Crippen molar-refractivity contribution in [2.75, 3.05) is 33.8 Å². The van der Waals surface area contributed by atoms with Gasteiger partial charge in [0.1, 0.15) is 6.61 Å². The third kappa shape index (κ3) is 5.75. The van der Waals surface area contributed by atoms with E-state index >= 15 is 0 Å². The molecule has 3 nitrogen and oxygen atoms in total. The van der Waals surface area contributed by atoms with E-state index in [1.165, 1.54) is 5.56 Å². The number of nitrogens with zero attached hydrogens (tertiary/aromatic N) is 2. The van der Waals surface area contributed by atoms with Crippen LogP contribution in [0.5, 0.6) is 0 Å². The predicted molar refractivity (Wildman–Crippen MR) is 84.5 cm³/mol. The number of hydrogen-bond donors (Lipinski definition) is 1. The standard InChI is InChI=1S/C17H26N2O/c1-5-19(15(2)13-18(3)4)14-17-9-6-8-16(12-17)10-7-11-20/h6,8-9,12,15,20H,5,11,13-14H2,1-4H3. The minimum atomic E-state index is -0.0921. The molecule has 1 rings (SSSR count). The van der Waals surface area contributed by atoms with Crippen LogP contribution in [0.1, 0.15) is 25.0 Å². The number of likely N-dealkylation sites (N-methyl/N-ethyl adjacent to an activating group) is 2. The monoisotopic (exact) mass is 274 g/mol. The average Bonchev–Trinajstić information content (AvgIpc) is 2.42. The molecule has 0 aliphatic heterocycles. The molecule has 0 aliphatic carbocycles. The van der Waals surface area contributed by atoms with Crippen LogP contribution < -0.4 is 0 Å². The maximum atomic E-state index is 8.75. The summed E-state index contributed by atoms with van der Waals surface area (Å²) in [5.41, 5.74) is 2.23. The van der Waals surface area contributed by atoms with Gasteiger partial charge in [0.05, 0.1) is 0 Å². The lowest BCUT2D eigenvalue weighted by molar-refractivity contribution is 0.174. The Kier molecular flexibility index (Phi) is 7.32. The number of rotatable bonds is 6. The Balaban J connectivity index is 2.74. The van der Waals surface area contributed by atoms with Crippen LogP contribution in [0.2, 0.25) is 0 Å². The lowest BCUT2D eigenvalue weighted by Gasteiger charge is -2.30. The Morgan fingerprint density at radius 1 is 1.30 bits per heavy atom. The van der Waals surface area contributed by atoms with Crippen LogP contribution in [0.4, 0.5) is 0 Å². The van der Waals surface area contributed by atoms with Gasteiger partial charge < -0.3 is 10.0 Å². The van der Waals surface area contributed by atoms with Crippen LogP contribution in [-0.2, 0) is 6.54 Å². The third-order valence-electron chi connectivity index (χ3n) is 3.28. The molecule has 1 aromatic carbocycles. The van der Waals surface area contributed by atoms with Gasteiger partial charge in [-0.3, -0.25) is 4.90 Å². The molecule has 0 saturated heterocycles. The largest absolute Gasteiger partial charge is 0.384 e. The molecule has 1 atom stereocenters. The number of aliphatic hydroxyl groups is 1. The summed E-state index contributed by atoms with van der Waals surface area (Å²) in [6.07, 6.45) is 0. The van der Waals surface area contributed by atoms with Crippen LogP contribution in [0, 0.1) is 11.8 Å². The van der Waals surface area contributed by atoms with Crippen molar-refractivity contribution in [1.82, 2.24) is 9.80 Å². The number of hydrogen-bond acceptors (Lipinski definition) is 3. The number of benzene rings is 1. The van der Waals surface area contributed by atoms with Crippen molar-refractivity contribution in [1.29, 1.82) is 0 Å². The van der Waals surface area contributed by atoms with Gasteiger partial charge in [-0.2, -0.15) is 0 Å². The second-order valence-corrected chi connectivity index (χ2v) is 5.33. The summed E-state index contributed by atoms with van der Waals surface area (Å²) >= 11 is 0. The first-order valence-electron chi connectivity index (χ1n) is 7.14. The van der Waals surface area contributed by atoms with Crippen molar-refractivity contribution >= 4 is 0 Å². The summed E-state index contributed by atoms with van der Waals surface area (Å²) < 4.78 is 0. The zero-order valence-electron chi connectivity index (χ0n) is 13.1. The Bertz CT molecular complexity index is 460. The summed E-state index contributed by atoms with van der Waals surface area (Å²) in [6.45, 7) is 7.38. The van der Waals surface area contributed by atoms with Crippen molar-refractivity contribution in [3.05, 3.63) is 35.4 Å². The van der Waals surface area contributed by atoms with Crippen LogP contribution in [-0.4, -0.2) is 54.7 Å². The van der Waals surface area contributed by atoms with Gasteiger partial charge >= 0.3 is 0 Å². The number of aliphatic hydroxyl groups excluding tert-OH is 1. The van der Waals surface area contributed by atoms with Crippen LogP contribution in [0.15, 0.2) is 24.3 Å². The van der Waals surface area contributed by atoms with E-state index < -0.39 is 0 Å². The van der Waals surface area contributed by atoms with E-state index in [4.69, 9.17) is 5.11 Å². The van der Waals surface area contributed by atoms with E-state index in [1.54, 1.807) is 0 Å². The van der Waals surface area contributed by atoms with Gasteiger partial charge in [-0.1, -0.05) is 30.9 Å². The van der Waals surface area contributed by atoms with Crippen molar-refractivity contribution < 1.29 is 5.11 Å². The van der Waals surface area contributed by atoms with Crippen molar-refractivity contribution in [3.8, 4) is 11.8 Å². The SMILES string of the molecule is CCN(Cc1cccc(C#CCO)c1)C(C)CN(C)C. The van der Waals surface area contributed by atoms with E-state index in [-0.39, 0.29) is 6.61 Å². The molecule has 0 aliphatic rings. The highest BCUT2D eigenvalue weighted by molar-refractivity contribution is 5.37. The maximum Gasteiger partial charge on any atom is 0.104 e. The normalized spacial score (nSPS) is 12.3. The van der Waals surface area contributed by atoms with E-state index in [9.17, 15) is 0 Å². The molecule has 1 unspecified atom stereocenters. The molecule has 0 radical (unpaired) electrons. The molecule has 0 spiro atoms. The van der Waals surface area contributed by atoms with E-state index in [0.29, 0.717) is 6.04 Å². The fraction of sp³-hybridized carbons (Fsp3) is 0.529. The molecule has 0 heterocycles. The van der Waals surface area contributed by atoms with Gasteiger partial charge in [0.2, 0.25) is 0 Å². The summed E-state index contributed by atoms with van der Waals surface area (Å²) in [4.78, 5) is 4.68. The molecule has 1 aromatic rings. The minimum Gasteiger partial charge on any atom is -0.384 e. The Labute approximate surface area is 123 Å². The molecule has 0 aromatic heterocycles. The van der Waals surface area contributed by atoms with Crippen LogP contribution in [0.25, 0.3) is 0 Å². The molecular weight excluding hydrogens is 248 g/mol. The molecule has 3 heteroatoms. The highest BCUT2D eigenvalue weighted by Gasteiger charge is 2.13. The van der Waals surface area contributed by atoms with Crippen molar-refractivity contribution in [3.63, 3.8) is 0 Å². The average molecular weight is 274 g/mol. The Morgan fingerprint density at radius 2 is 2.05 bits per heavy atom. The molecule has 0 amide bonds. The van der Waals surface area contributed by atoms with E-state index in [2.05, 4.69) is 61.7 Å². The van der Waals surface area contributed by atoms with Gasteiger partial charge in [-0.15, -0.1) is 0 Å². The van der Waals surface area contributed by atoms with Gasteiger partial charge in [0, 0.05) is 24.7 Å². The molecule has 20 heavy (non-hydrogen) atoms. The van der Waals surface area contributed by atoms with E-state index in [1.807, 2.05) is 12.1 Å². The van der Waals surface area contributed by atoms with Crippen LogP contribution in [0.3, 0.4) is 0 Å². The molecule has 110 valence electrons. The summed E-state index contributed by atoms with van der Waals surface area (Å²) in [5.74, 6) is 5.65. The Hall–Kier alpha value is -1.34. The first kappa shape index (κ1) is 16.7. The summed E-state index contributed by atoms with van der Waals surface area (Å²) in [5, 5.41) is 8.75. The zero-order valence-corrected chi connectivity index (χ0v) is 13.1. The highest BCUT2D eigenvalue weighted by Crippen LogP contribution is 2.10. The maximum absolute atomic E-state index is 8.75. The lowest BCUT2D eigenvalue weighted by atomic mass is 10.1. The highest BCUT2D eigenvalue weighted by atomic mass is 16.2. The zero-order chi connectivity index (χ0) is 15.0. The molecule has 1 N–H and O–H groups in total. The fourth-order valence-corrected chi connectivity index (χ4v) is 2.35. The minimum absolute atomic E-state index is 0.0921. The summed E-state index contributed by atoms with van der Waals surface area (Å²) in [7, 11) is 4.21. The van der Waals surface area contributed by atoms with Crippen molar-refractivity contribution in [2.45, 2.75) is 26.4 Å². The molecule has 0 fully saturated rings. The summed E-state index contributed by atoms with van der Waals surface area (Å²) in [6, 6.07) is 8.76. The first-order chi connectivity index (χ1) is 9.56. The Morgan fingerprint density at radius 3 is 2.65 bits per heavy atom. The molecular formula is C17H26N2O. The van der Waals surface area contributed by atoms with Gasteiger partial charge in [0.15, 0.2) is 0 Å². The second-order valence-electron chi connectivity index (χ2n) is 5.33. The smallest absolute Gasteiger partial charge is 0.104 e. The third-order valence-corrected chi connectivity index (χ3v) is 3.28. The first-order valence-corrected chi connectivity index (χ1v) is 7.14. The molecule has 0 saturated carbocycles. The second kappa shape index (κ2) is 8.76. The predicted octanol–water partition coefficient (Wildman–Crippen LogP) is 1.80. The fourth-order valence-electron chi connectivity index (χ4n) is 2.35.